The summed E-state index contributed by atoms with van der Waals surface area (Å²) >= 11 is 0. The van der Waals surface area contributed by atoms with Crippen LogP contribution in [0.5, 0.6) is 0 Å². The number of likely N-dealkylation sites (N-methyl/N-ethyl adjacent to an activating group) is 1. The van der Waals surface area contributed by atoms with Crippen LogP contribution in [-0.2, 0) is 6.42 Å². The molecule has 3 nitrogen and oxygen atoms in total. The smallest absolute Gasteiger partial charge is 0.105 e. The molecule has 0 amide bonds. The third-order valence-electron chi connectivity index (χ3n) is 3.37. The van der Waals surface area contributed by atoms with Gasteiger partial charge in [0.15, 0.2) is 0 Å². The van der Waals surface area contributed by atoms with Crippen LogP contribution in [-0.4, -0.2) is 12.0 Å². The van der Waals surface area contributed by atoms with Gasteiger partial charge >= 0.3 is 0 Å². The summed E-state index contributed by atoms with van der Waals surface area (Å²) in [5.41, 5.74) is 1.07. The van der Waals surface area contributed by atoms with Crippen molar-refractivity contribution in [1.82, 2.24) is 10.3 Å². The quantitative estimate of drug-likeness (QED) is 0.774. The van der Waals surface area contributed by atoms with Gasteiger partial charge < -0.3 is 9.73 Å². The van der Waals surface area contributed by atoms with Crippen molar-refractivity contribution in [3.8, 4) is 0 Å². The van der Waals surface area contributed by atoms with Crippen LogP contribution in [0.3, 0.4) is 0 Å². The molecule has 0 aliphatic heterocycles. The van der Waals surface area contributed by atoms with Gasteiger partial charge in [-0.3, -0.25) is 4.98 Å². The Balaban J connectivity index is 2.01. The van der Waals surface area contributed by atoms with Crippen LogP contribution in [0.4, 0.5) is 0 Å². The summed E-state index contributed by atoms with van der Waals surface area (Å²) in [6.07, 6.45) is 4.37. The lowest BCUT2D eigenvalue weighted by Gasteiger charge is -2.16. The zero-order chi connectivity index (χ0) is 13.1. The Morgan fingerprint density at radius 1 is 1.16 bits per heavy atom. The predicted octanol–water partition coefficient (Wildman–Crippen LogP) is 3.33. The van der Waals surface area contributed by atoms with Crippen molar-refractivity contribution in [2.75, 3.05) is 7.05 Å². The topological polar surface area (TPSA) is 38.1 Å². The summed E-state index contributed by atoms with van der Waals surface area (Å²) in [7, 11) is 1.96. The monoisotopic (exact) mass is 252 g/mol. The Morgan fingerprint density at radius 3 is 2.84 bits per heavy atom. The average molecular weight is 252 g/mol. The first-order valence-corrected chi connectivity index (χ1v) is 6.42. The number of nitrogens with zero attached hydrogens (tertiary/aromatic N) is 1. The first-order valence-electron chi connectivity index (χ1n) is 6.42. The molecule has 3 aromatic rings. The van der Waals surface area contributed by atoms with E-state index in [1.807, 2.05) is 43.6 Å². The second kappa shape index (κ2) is 5.24. The molecule has 0 aliphatic rings. The van der Waals surface area contributed by atoms with Crippen LogP contribution < -0.4 is 5.32 Å². The van der Waals surface area contributed by atoms with Gasteiger partial charge in [-0.2, -0.15) is 0 Å². The lowest BCUT2D eigenvalue weighted by molar-refractivity contribution is 0.463. The van der Waals surface area contributed by atoms with Crippen LogP contribution in [0.25, 0.3) is 10.8 Å². The van der Waals surface area contributed by atoms with Gasteiger partial charge in [-0.05, 0) is 30.6 Å². The molecule has 2 aromatic heterocycles. The lowest BCUT2D eigenvalue weighted by atomic mass is 10.0. The van der Waals surface area contributed by atoms with Gasteiger partial charge in [-0.1, -0.05) is 24.3 Å². The molecule has 96 valence electrons. The van der Waals surface area contributed by atoms with Crippen molar-refractivity contribution < 1.29 is 4.42 Å². The molecule has 1 aromatic carbocycles. The van der Waals surface area contributed by atoms with E-state index in [1.165, 1.54) is 10.8 Å². The van der Waals surface area contributed by atoms with E-state index >= 15 is 0 Å². The maximum Gasteiger partial charge on any atom is 0.105 e. The minimum absolute atomic E-state index is 0.150. The SMILES string of the molecule is CNC(Cc1ccco1)c1nccc2ccccc12. The fourth-order valence-corrected chi connectivity index (χ4v) is 2.39. The summed E-state index contributed by atoms with van der Waals surface area (Å²) < 4.78 is 5.43. The molecule has 0 saturated heterocycles. The number of benzene rings is 1. The first kappa shape index (κ1) is 11.9. The summed E-state index contributed by atoms with van der Waals surface area (Å²) in [5.74, 6) is 0.967. The maximum absolute atomic E-state index is 5.43. The number of nitrogens with one attached hydrogen (secondary N) is 1. The highest BCUT2D eigenvalue weighted by Crippen LogP contribution is 2.24. The molecule has 0 aliphatic carbocycles. The van der Waals surface area contributed by atoms with E-state index in [4.69, 9.17) is 4.42 Å². The van der Waals surface area contributed by atoms with E-state index in [2.05, 4.69) is 22.4 Å². The molecule has 0 saturated carbocycles. The lowest BCUT2D eigenvalue weighted by Crippen LogP contribution is -2.20. The minimum atomic E-state index is 0.150. The van der Waals surface area contributed by atoms with Crippen molar-refractivity contribution in [2.24, 2.45) is 0 Å². The number of fused-ring (bicyclic) bond motifs is 1. The zero-order valence-corrected chi connectivity index (χ0v) is 10.8. The number of hydrogen-bond donors (Lipinski definition) is 1. The number of aromatic nitrogens is 1. The highest BCUT2D eigenvalue weighted by molar-refractivity contribution is 5.84. The summed E-state index contributed by atoms with van der Waals surface area (Å²) in [4.78, 5) is 4.55. The van der Waals surface area contributed by atoms with Gasteiger partial charge in [0, 0.05) is 18.0 Å². The molecule has 1 atom stereocenters. The van der Waals surface area contributed by atoms with E-state index in [0.717, 1.165) is 17.9 Å². The third kappa shape index (κ3) is 2.37. The number of hydrogen-bond acceptors (Lipinski definition) is 3. The molecule has 3 rings (SSSR count). The van der Waals surface area contributed by atoms with Crippen LogP contribution >= 0.6 is 0 Å². The second-order valence-corrected chi connectivity index (χ2v) is 4.54. The molecule has 3 heteroatoms. The Hall–Kier alpha value is -2.13. The molecule has 19 heavy (non-hydrogen) atoms. The van der Waals surface area contributed by atoms with E-state index in [1.54, 1.807) is 6.26 Å². The second-order valence-electron chi connectivity index (χ2n) is 4.54. The van der Waals surface area contributed by atoms with Gasteiger partial charge in [-0.25, -0.2) is 0 Å². The highest BCUT2D eigenvalue weighted by atomic mass is 16.3. The van der Waals surface area contributed by atoms with Gasteiger partial charge in [-0.15, -0.1) is 0 Å². The Labute approximate surface area is 112 Å². The van der Waals surface area contributed by atoms with Gasteiger partial charge in [0.25, 0.3) is 0 Å². The normalized spacial score (nSPS) is 12.7. The maximum atomic E-state index is 5.43. The van der Waals surface area contributed by atoms with Crippen molar-refractivity contribution in [3.63, 3.8) is 0 Å². The van der Waals surface area contributed by atoms with Crippen molar-refractivity contribution in [3.05, 3.63) is 66.4 Å². The highest BCUT2D eigenvalue weighted by Gasteiger charge is 2.15. The van der Waals surface area contributed by atoms with Crippen LogP contribution in [0.2, 0.25) is 0 Å². The molecular weight excluding hydrogens is 236 g/mol. The first-order chi connectivity index (χ1) is 9.38. The van der Waals surface area contributed by atoms with Crippen LogP contribution in [0.1, 0.15) is 17.5 Å². The summed E-state index contributed by atoms with van der Waals surface area (Å²) in [6.45, 7) is 0. The van der Waals surface area contributed by atoms with Crippen LogP contribution in [0.15, 0.2) is 59.3 Å². The van der Waals surface area contributed by atoms with Crippen molar-refractivity contribution >= 4 is 10.8 Å². The Morgan fingerprint density at radius 2 is 2.05 bits per heavy atom. The molecule has 2 heterocycles. The number of rotatable bonds is 4. The fourth-order valence-electron chi connectivity index (χ4n) is 2.39. The molecule has 0 radical (unpaired) electrons. The van der Waals surface area contributed by atoms with Gasteiger partial charge in [0.1, 0.15) is 5.76 Å². The van der Waals surface area contributed by atoms with E-state index < -0.39 is 0 Å². The Kier molecular flexibility index (Phi) is 3.29. The summed E-state index contributed by atoms with van der Waals surface area (Å²) in [5, 5.41) is 5.73. The molecule has 1 N–H and O–H groups in total. The minimum Gasteiger partial charge on any atom is -0.469 e. The predicted molar refractivity (Wildman–Crippen MR) is 76.0 cm³/mol. The standard InChI is InChI=1S/C16H16N2O/c1-17-15(11-13-6-4-10-19-13)16-14-7-3-2-5-12(14)8-9-18-16/h2-10,15,17H,11H2,1H3. The number of pyridine rings is 1. The Bertz CT molecular complexity index is 656. The molecule has 0 fully saturated rings. The summed E-state index contributed by atoms with van der Waals surface area (Å²) in [6, 6.07) is 14.4. The molecular formula is C16H16N2O. The average Bonchev–Trinajstić information content (AvgIpc) is 2.97. The van der Waals surface area contributed by atoms with Crippen LogP contribution in [0, 0.1) is 0 Å². The number of furan rings is 1. The fraction of sp³-hybridized carbons (Fsp3) is 0.188. The van der Waals surface area contributed by atoms with Gasteiger partial charge in [0.05, 0.1) is 18.0 Å². The molecule has 1 unspecified atom stereocenters. The van der Waals surface area contributed by atoms with Crippen molar-refractivity contribution in [1.29, 1.82) is 0 Å². The van der Waals surface area contributed by atoms with E-state index in [9.17, 15) is 0 Å². The van der Waals surface area contributed by atoms with Crippen molar-refractivity contribution in [2.45, 2.75) is 12.5 Å². The third-order valence-corrected chi connectivity index (χ3v) is 3.37. The molecule has 0 spiro atoms. The van der Waals surface area contributed by atoms with E-state index in [0.29, 0.717) is 0 Å². The largest absolute Gasteiger partial charge is 0.469 e. The molecule has 0 bridgehead atoms. The van der Waals surface area contributed by atoms with Gasteiger partial charge in [0.2, 0.25) is 0 Å². The zero-order valence-electron chi connectivity index (χ0n) is 10.8. The van der Waals surface area contributed by atoms with E-state index in [-0.39, 0.29) is 6.04 Å².